The number of ether oxygens (including phenoxy) is 2. The lowest BCUT2D eigenvalue weighted by Gasteiger charge is -2.17. The van der Waals surface area contributed by atoms with Gasteiger partial charge in [-0.05, 0) is 66.9 Å². The predicted octanol–water partition coefficient (Wildman–Crippen LogP) is 5.61. The molecule has 6 heteroatoms. The molecule has 31 heavy (non-hydrogen) atoms. The highest BCUT2D eigenvalue weighted by molar-refractivity contribution is 6.10. The van der Waals surface area contributed by atoms with Crippen LogP contribution in [0.1, 0.15) is 16.7 Å². The number of pyridine rings is 1. The first kappa shape index (κ1) is 20.5. The van der Waals surface area contributed by atoms with Crippen LogP contribution < -0.4 is 15.4 Å². The van der Waals surface area contributed by atoms with Gasteiger partial charge in [0, 0.05) is 23.5 Å². The fraction of sp³-hybridized carbons (Fsp3) is 0.200. The van der Waals surface area contributed by atoms with Crippen molar-refractivity contribution in [1.82, 2.24) is 10.3 Å². The molecule has 1 heterocycles. The molecule has 1 amide bonds. The van der Waals surface area contributed by atoms with E-state index >= 15 is 0 Å². The number of anilines is 2. The second-order valence-corrected chi connectivity index (χ2v) is 7.42. The Balaban J connectivity index is 1.85. The van der Waals surface area contributed by atoms with Crippen molar-refractivity contribution in [2.45, 2.75) is 20.5 Å². The first-order valence-corrected chi connectivity index (χ1v) is 10.1. The molecule has 158 valence electrons. The van der Waals surface area contributed by atoms with Crippen molar-refractivity contribution in [3.63, 3.8) is 0 Å². The molecule has 0 radical (unpaired) electrons. The average Bonchev–Trinajstić information content (AvgIpc) is 2.79. The number of fused-ring (bicyclic) bond motifs is 2. The number of carbonyl (C=O) groups is 1. The van der Waals surface area contributed by atoms with Gasteiger partial charge in [-0.3, -0.25) is 0 Å². The van der Waals surface area contributed by atoms with Crippen LogP contribution in [0.3, 0.4) is 0 Å². The first-order valence-electron chi connectivity index (χ1n) is 10.1. The van der Waals surface area contributed by atoms with Gasteiger partial charge in [0.1, 0.15) is 12.4 Å². The van der Waals surface area contributed by atoms with Gasteiger partial charge >= 0.3 is 6.09 Å². The Kier molecular flexibility index (Phi) is 5.62. The summed E-state index contributed by atoms with van der Waals surface area (Å²) in [6.07, 6.45) is -0.456. The van der Waals surface area contributed by atoms with Crippen LogP contribution in [0.25, 0.3) is 21.8 Å². The van der Waals surface area contributed by atoms with Crippen LogP contribution in [0.15, 0.2) is 54.6 Å². The van der Waals surface area contributed by atoms with Crippen LogP contribution in [-0.4, -0.2) is 25.2 Å². The Hall–Kier alpha value is -3.80. The van der Waals surface area contributed by atoms with E-state index in [2.05, 4.69) is 36.6 Å². The molecule has 0 atom stereocenters. The Morgan fingerprint density at radius 2 is 1.84 bits per heavy atom. The van der Waals surface area contributed by atoms with E-state index < -0.39 is 6.09 Å². The molecular weight excluding hydrogens is 390 g/mol. The van der Waals surface area contributed by atoms with Crippen molar-refractivity contribution < 1.29 is 14.3 Å². The molecule has 2 N–H and O–H groups in total. The van der Waals surface area contributed by atoms with Crippen molar-refractivity contribution in [3.05, 3.63) is 71.3 Å². The summed E-state index contributed by atoms with van der Waals surface area (Å²) in [4.78, 5) is 16.3. The Morgan fingerprint density at radius 3 is 2.61 bits per heavy atom. The van der Waals surface area contributed by atoms with Crippen LogP contribution in [0, 0.1) is 13.8 Å². The van der Waals surface area contributed by atoms with Crippen molar-refractivity contribution >= 4 is 39.3 Å². The molecule has 0 saturated heterocycles. The molecule has 0 unspecified atom stereocenters. The summed E-state index contributed by atoms with van der Waals surface area (Å²) < 4.78 is 10.7. The van der Waals surface area contributed by atoms with E-state index in [1.54, 1.807) is 14.2 Å². The predicted molar refractivity (Wildman–Crippen MR) is 124 cm³/mol. The van der Waals surface area contributed by atoms with Crippen molar-refractivity contribution in [2.24, 2.45) is 0 Å². The van der Waals surface area contributed by atoms with Crippen molar-refractivity contribution in [1.29, 1.82) is 0 Å². The molecule has 0 aliphatic heterocycles. The zero-order chi connectivity index (χ0) is 22.0. The van der Waals surface area contributed by atoms with E-state index in [0.29, 0.717) is 0 Å². The summed E-state index contributed by atoms with van der Waals surface area (Å²) in [5.41, 5.74) is 6.96. The molecule has 0 spiro atoms. The van der Waals surface area contributed by atoms with Gasteiger partial charge in [0.2, 0.25) is 0 Å². The quantitative estimate of drug-likeness (QED) is 0.414. The molecule has 0 saturated carbocycles. The normalized spacial score (nSPS) is 10.8. The number of alkyl carbamates (subject to hydrolysis) is 1. The highest BCUT2D eigenvalue weighted by Gasteiger charge is 2.14. The third kappa shape index (κ3) is 4.10. The molecule has 0 aliphatic carbocycles. The number of aromatic nitrogens is 1. The van der Waals surface area contributed by atoms with Crippen molar-refractivity contribution in [2.75, 3.05) is 19.5 Å². The number of amides is 1. The molecule has 6 nitrogen and oxygen atoms in total. The van der Waals surface area contributed by atoms with Crippen LogP contribution in [0.2, 0.25) is 0 Å². The van der Waals surface area contributed by atoms with Crippen LogP contribution in [0.4, 0.5) is 16.2 Å². The molecule has 0 bridgehead atoms. The number of rotatable bonds is 5. The molecule has 3 aromatic carbocycles. The number of hydrogen-bond donors (Lipinski definition) is 2. The second kappa shape index (κ2) is 8.52. The maximum atomic E-state index is 11.4. The summed E-state index contributed by atoms with van der Waals surface area (Å²) in [6, 6.07) is 17.9. The maximum Gasteiger partial charge on any atom is 0.407 e. The van der Waals surface area contributed by atoms with Crippen LogP contribution in [-0.2, 0) is 11.3 Å². The smallest absolute Gasteiger partial charge is 0.407 e. The fourth-order valence-electron chi connectivity index (χ4n) is 3.65. The molecule has 4 aromatic rings. The van der Waals surface area contributed by atoms with Gasteiger partial charge in [0.15, 0.2) is 0 Å². The minimum atomic E-state index is -0.456. The Morgan fingerprint density at radius 1 is 1.03 bits per heavy atom. The standard InChI is InChI=1S/C25H25N3O3/c1-15-8-10-22-23(16(15)2)24(20-13-19(30-4)9-11-21(20)28-22)27-18-7-5-6-17(12-18)14-31-25(29)26-3/h5-13H,14H2,1-4H3,(H,26,29)(H,27,28). The number of carbonyl (C=O) groups excluding carboxylic acids is 1. The van der Waals surface area contributed by atoms with E-state index in [1.165, 1.54) is 11.1 Å². The number of nitrogens with zero attached hydrogens (tertiary/aromatic N) is 1. The van der Waals surface area contributed by atoms with E-state index in [4.69, 9.17) is 14.5 Å². The Labute approximate surface area is 181 Å². The van der Waals surface area contributed by atoms with E-state index in [1.807, 2.05) is 42.5 Å². The lowest BCUT2D eigenvalue weighted by Crippen LogP contribution is -2.18. The molecule has 0 aliphatic rings. The monoisotopic (exact) mass is 415 g/mol. The maximum absolute atomic E-state index is 11.4. The average molecular weight is 415 g/mol. The zero-order valence-electron chi connectivity index (χ0n) is 18.1. The number of hydrogen-bond acceptors (Lipinski definition) is 5. The lowest BCUT2D eigenvalue weighted by atomic mass is 9.99. The highest BCUT2D eigenvalue weighted by Crippen LogP contribution is 2.37. The highest BCUT2D eigenvalue weighted by atomic mass is 16.5. The van der Waals surface area contributed by atoms with Gasteiger partial charge in [-0.1, -0.05) is 18.2 Å². The third-order valence-electron chi connectivity index (χ3n) is 5.45. The molecule has 0 fully saturated rings. The van der Waals surface area contributed by atoms with E-state index in [9.17, 15) is 4.79 Å². The molecule has 1 aromatic heterocycles. The van der Waals surface area contributed by atoms with Gasteiger partial charge in [-0.15, -0.1) is 0 Å². The summed E-state index contributed by atoms with van der Waals surface area (Å²) in [7, 11) is 3.20. The molecular formula is C25H25N3O3. The minimum Gasteiger partial charge on any atom is -0.497 e. The van der Waals surface area contributed by atoms with E-state index in [0.717, 1.165) is 44.5 Å². The number of methoxy groups -OCH3 is 1. The van der Waals surface area contributed by atoms with Gasteiger partial charge in [0.25, 0.3) is 0 Å². The van der Waals surface area contributed by atoms with Crippen molar-refractivity contribution in [3.8, 4) is 5.75 Å². The topological polar surface area (TPSA) is 72.5 Å². The second-order valence-electron chi connectivity index (χ2n) is 7.42. The largest absolute Gasteiger partial charge is 0.497 e. The molecule has 4 rings (SSSR count). The lowest BCUT2D eigenvalue weighted by molar-refractivity contribution is 0.142. The summed E-state index contributed by atoms with van der Waals surface area (Å²) >= 11 is 0. The summed E-state index contributed by atoms with van der Waals surface area (Å²) in [5, 5.41) is 8.11. The van der Waals surface area contributed by atoms with Gasteiger partial charge < -0.3 is 20.1 Å². The zero-order valence-corrected chi connectivity index (χ0v) is 18.1. The minimum absolute atomic E-state index is 0.193. The van der Waals surface area contributed by atoms with Gasteiger partial charge in [-0.2, -0.15) is 0 Å². The van der Waals surface area contributed by atoms with Crippen LogP contribution in [0.5, 0.6) is 5.75 Å². The van der Waals surface area contributed by atoms with Gasteiger partial charge in [0.05, 0.1) is 23.8 Å². The SMILES string of the molecule is CNC(=O)OCc1cccc(Nc2c3cc(OC)ccc3nc3ccc(C)c(C)c23)c1. The number of nitrogens with one attached hydrogen (secondary N) is 2. The summed E-state index contributed by atoms with van der Waals surface area (Å²) in [5.74, 6) is 0.773. The van der Waals surface area contributed by atoms with Gasteiger partial charge in [-0.25, -0.2) is 9.78 Å². The number of aryl methyl sites for hydroxylation is 2. The fourth-order valence-corrected chi connectivity index (χ4v) is 3.65. The van der Waals surface area contributed by atoms with E-state index in [-0.39, 0.29) is 6.61 Å². The third-order valence-corrected chi connectivity index (χ3v) is 5.45. The Bertz CT molecular complexity index is 1280. The van der Waals surface area contributed by atoms with Crippen LogP contribution >= 0.6 is 0 Å². The first-order chi connectivity index (χ1) is 15.0. The summed E-state index contributed by atoms with van der Waals surface area (Å²) in [6.45, 7) is 4.41. The number of benzene rings is 3.